The number of nitro groups is 2. The number of aryl methyl sites for hydroxylation is 2. The highest BCUT2D eigenvalue weighted by Crippen LogP contribution is 2.57. The molecule has 8 aliphatic rings. The number of nitrogens with one attached hydrogen (secondary N) is 4. The van der Waals surface area contributed by atoms with Crippen molar-refractivity contribution < 1.29 is 60.0 Å². The molecule has 0 bridgehead atoms. The highest BCUT2D eigenvalue weighted by atomic mass is 35.5. The number of rotatable bonds is 26. The van der Waals surface area contributed by atoms with Gasteiger partial charge in [0.1, 0.15) is 34.3 Å². The Morgan fingerprint density at radius 2 is 0.984 bits per heavy atom. The van der Waals surface area contributed by atoms with Gasteiger partial charge in [-0.15, -0.1) is 0 Å². The zero-order valence-corrected chi connectivity index (χ0v) is 72.1. The van der Waals surface area contributed by atoms with Gasteiger partial charge < -0.3 is 43.5 Å². The molecule has 6 aromatic carbocycles. The van der Waals surface area contributed by atoms with E-state index in [1.165, 1.54) is 121 Å². The normalized spacial score (nSPS) is 19.2. The predicted octanol–water partition coefficient (Wildman–Crippen LogP) is 18.3. The van der Waals surface area contributed by atoms with E-state index < -0.39 is 46.6 Å². The number of H-pyrrole nitrogens is 2. The van der Waals surface area contributed by atoms with Gasteiger partial charge in [0.25, 0.3) is 43.2 Å². The zero-order valence-electron chi connectivity index (χ0n) is 68.9. The lowest BCUT2D eigenvalue weighted by Crippen LogP contribution is -2.47. The van der Waals surface area contributed by atoms with Gasteiger partial charge in [-0.3, -0.25) is 39.6 Å². The van der Waals surface area contributed by atoms with E-state index in [0.29, 0.717) is 90.4 Å². The number of carbonyl (C=O) groups is 2. The SMILES string of the molecule is C.O=C(NS(=O)(=O)c1ccc(CC[C@@H]2CCCOC2)c([N+](=O)[O-])c1)c1ccc(N2CCN(CC3=C(c4ccc(Cl)cc4)CC4(CCC4)CC3)CC2)cc1Oc1cnc2[nH]ccc2c1.O=C(NS(=O)(=O)c1ccc(CC[C@@H]2COCCO2)c([N+](=O)[O-])c1)c1ccc(N2CCN(CC3=C(c4ccc(Cl)cc4)CC4(CCC4)CC3)CC2)cc1Oc1cnc2[nH]ccc2c1. The van der Waals surface area contributed by atoms with Crippen LogP contribution in [0.25, 0.3) is 33.2 Å². The van der Waals surface area contributed by atoms with Gasteiger partial charge in [0.2, 0.25) is 0 Å². The van der Waals surface area contributed by atoms with E-state index in [0.717, 1.165) is 155 Å². The second-order valence-corrected chi connectivity index (χ2v) is 38.4. The topological polar surface area (TPSA) is 329 Å². The molecule has 4 aliphatic carbocycles. The number of fused-ring (bicyclic) bond motifs is 2. The van der Waals surface area contributed by atoms with E-state index in [9.17, 15) is 46.7 Å². The molecule has 4 saturated heterocycles. The molecule has 2 amide bonds. The van der Waals surface area contributed by atoms with Crippen molar-refractivity contribution in [2.75, 3.05) is 108 Å². The number of aromatic nitrogens is 4. The standard InChI is InChI=1S/C47H51ClN6O7S.C46H49ClN6O8S.CH4/c48-37-9-6-33(7-10-37)42-28-47(16-2-17-47)18-14-36(42)30-52-20-22-53(23-21-52)38-11-13-41(44(26-38)61-39-25-35-15-19-49-45(35)50-29-39)46(55)51-62(58,59)40-12-8-34(43(27-40)54(56)57)5-4-32-3-1-24-60-31-32;47-35-6-2-31(3-7-35)41-27-46(14-1-15-46)16-12-34(41)29-51-18-20-52(21-19-51)36-8-11-40(43(25-36)61-38-24-33-13-17-48-44(33)49-28-38)45(54)50-62(57,58)39-10-5-32(42(26-39)53(55)56)4-9-37-30-59-22-23-60-37;/h6-13,15,19,25-27,29,32H,1-5,14,16-18,20-24,28,30-31H2,(H,49,50)(H,51,55);2-3,5-8,10-11,13,17,24-26,28,37H,1,4,9,12,14-16,18-23,27,29-30H2,(H,48,49)(H,50,54);1H4/t32-;37-;/m01./s1. The van der Waals surface area contributed by atoms with E-state index in [1.807, 2.05) is 36.4 Å². The van der Waals surface area contributed by atoms with Crippen molar-refractivity contribution in [2.45, 2.75) is 139 Å². The highest BCUT2D eigenvalue weighted by Gasteiger charge is 2.43. The Hall–Kier alpha value is -10.6. The minimum Gasteiger partial charge on any atom is -0.455 e. The molecule has 125 heavy (non-hydrogen) atoms. The lowest BCUT2D eigenvalue weighted by molar-refractivity contribution is -0.385. The summed E-state index contributed by atoms with van der Waals surface area (Å²) < 4.78 is 88.3. The van der Waals surface area contributed by atoms with Crippen LogP contribution in [0.2, 0.25) is 10.0 Å². The van der Waals surface area contributed by atoms with Crippen LogP contribution in [0.1, 0.15) is 153 Å². The number of pyridine rings is 2. The Bertz CT molecular complexity index is 5590. The van der Waals surface area contributed by atoms with E-state index in [-0.39, 0.29) is 64.8 Å². The van der Waals surface area contributed by atoms with Crippen molar-refractivity contribution in [2.24, 2.45) is 16.7 Å². The monoisotopic (exact) mass is 1770 g/mol. The van der Waals surface area contributed by atoms with Crippen LogP contribution in [-0.2, 0) is 47.1 Å². The number of ether oxygens (including phenoxy) is 5. The number of sulfonamides is 2. The third-order valence-electron chi connectivity index (χ3n) is 26.3. The highest BCUT2D eigenvalue weighted by molar-refractivity contribution is 7.90. The number of allylic oxidation sites excluding steroid dienone is 2. The number of hydrogen-bond acceptors (Lipinski definition) is 21. The third-order valence-corrected chi connectivity index (χ3v) is 29.5. The molecule has 10 aromatic rings. The van der Waals surface area contributed by atoms with Crippen molar-refractivity contribution in [3.05, 3.63) is 245 Å². The fourth-order valence-electron chi connectivity index (χ4n) is 18.9. The average Bonchev–Trinajstić information content (AvgIpc) is 0.996. The van der Waals surface area contributed by atoms with Gasteiger partial charge in [0, 0.05) is 159 Å². The quantitative estimate of drug-likeness (QED) is 0.0289. The average molecular weight is 1780 g/mol. The Labute approximate surface area is 737 Å². The first-order chi connectivity index (χ1) is 60.0. The van der Waals surface area contributed by atoms with E-state index in [2.05, 4.69) is 73.2 Å². The minimum absolute atomic E-state index is 0. The zero-order chi connectivity index (χ0) is 85.7. The number of amides is 2. The minimum atomic E-state index is -4.55. The summed E-state index contributed by atoms with van der Waals surface area (Å²) in [6.07, 6.45) is 25.0. The fraction of sp³-hybridized carbons (Fsp3) is 0.404. The number of benzene rings is 6. The molecule has 656 valence electrons. The maximum atomic E-state index is 13.9. The lowest BCUT2D eigenvalue weighted by Gasteiger charge is -2.47. The first-order valence-corrected chi connectivity index (χ1v) is 46.6. The molecule has 18 rings (SSSR count). The summed E-state index contributed by atoms with van der Waals surface area (Å²) >= 11 is 12.6. The van der Waals surface area contributed by atoms with Crippen molar-refractivity contribution in [3.63, 3.8) is 0 Å². The van der Waals surface area contributed by atoms with Crippen molar-refractivity contribution >= 4 is 111 Å². The number of anilines is 2. The Morgan fingerprint density at radius 3 is 1.40 bits per heavy atom. The molecule has 27 nitrogen and oxygen atoms in total. The molecular weight excluding hydrogens is 1670 g/mol. The van der Waals surface area contributed by atoms with Gasteiger partial charge in [-0.25, -0.2) is 36.2 Å². The number of nitro benzene ring substituents is 2. The van der Waals surface area contributed by atoms with Gasteiger partial charge in [-0.1, -0.05) is 91.0 Å². The number of nitrogens with zero attached hydrogens (tertiary/aromatic N) is 8. The summed E-state index contributed by atoms with van der Waals surface area (Å²) in [6.45, 7) is 10.8. The second-order valence-electron chi connectivity index (χ2n) is 34.2. The smallest absolute Gasteiger partial charge is 0.273 e. The number of halogens is 2. The molecule has 4 aliphatic heterocycles. The van der Waals surface area contributed by atoms with E-state index in [4.69, 9.17) is 46.9 Å². The van der Waals surface area contributed by atoms with Crippen molar-refractivity contribution in [1.82, 2.24) is 39.2 Å². The summed E-state index contributed by atoms with van der Waals surface area (Å²) in [7, 11) is -9.08. The first kappa shape index (κ1) is 87.9. The molecule has 2 spiro atoms. The summed E-state index contributed by atoms with van der Waals surface area (Å²) in [5.74, 6) is -0.596. The van der Waals surface area contributed by atoms with Gasteiger partial charge in [0.15, 0.2) is 0 Å². The largest absolute Gasteiger partial charge is 0.455 e. The van der Waals surface area contributed by atoms with Crippen molar-refractivity contribution in [1.29, 1.82) is 0 Å². The van der Waals surface area contributed by atoms with Crippen LogP contribution in [0.3, 0.4) is 0 Å². The summed E-state index contributed by atoms with van der Waals surface area (Å²) in [5.41, 5.74) is 12.5. The maximum absolute atomic E-state index is 13.9. The van der Waals surface area contributed by atoms with Gasteiger partial charge in [-0.05, 0) is 227 Å². The fourth-order valence-corrected chi connectivity index (χ4v) is 21.1. The third kappa shape index (κ3) is 20.6. The molecule has 0 radical (unpaired) electrons. The summed E-state index contributed by atoms with van der Waals surface area (Å²) in [5, 5.41) is 27.3. The van der Waals surface area contributed by atoms with Crippen LogP contribution in [0, 0.1) is 37.0 Å². The maximum Gasteiger partial charge on any atom is 0.273 e. The van der Waals surface area contributed by atoms with Gasteiger partial charge >= 0.3 is 0 Å². The molecule has 31 heteroatoms. The van der Waals surface area contributed by atoms with Gasteiger partial charge in [-0.2, -0.15) is 0 Å². The lowest BCUT2D eigenvalue weighted by atomic mass is 9.59. The number of carbonyl (C=O) groups excluding carboxylic acids is 2. The predicted molar refractivity (Wildman–Crippen MR) is 483 cm³/mol. The van der Waals surface area contributed by atoms with Crippen LogP contribution in [-0.4, -0.2) is 173 Å². The molecule has 2 atom stereocenters. The van der Waals surface area contributed by atoms with Crippen LogP contribution >= 0.6 is 23.2 Å². The molecule has 0 unspecified atom stereocenters. The summed E-state index contributed by atoms with van der Waals surface area (Å²) in [4.78, 5) is 74.6. The first-order valence-electron chi connectivity index (χ1n) is 42.9. The molecule has 4 N–H and O–H groups in total. The van der Waals surface area contributed by atoms with Crippen LogP contribution in [0.4, 0.5) is 22.7 Å². The Kier molecular flexibility index (Phi) is 26.9. The van der Waals surface area contributed by atoms with Crippen molar-refractivity contribution in [3.8, 4) is 23.0 Å². The summed E-state index contributed by atoms with van der Waals surface area (Å²) in [6, 6.07) is 41.5. The van der Waals surface area contributed by atoms with Crippen LogP contribution in [0.5, 0.6) is 23.0 Å². The number of hydrogen-bond donors (Lipinski definition) is 4. The molecule has 2 saturated carbocycles. The molecule has 8 heterocycles. The Morgan fingerprint density at radius 1 is 0.528 bits per heavy atom. The van der Waals surface area contributed by atoms with Crippen LogP contribution < -0.4 is 28.7 Å². The molecule has 4 aromatic heterocycles. The number of aromatic amines is 2. The van der Waals surface area contributed by atoms with E-state index in [1.54, 1.807) is 60.9 Å². The molecule has 6 fully saturated rings. The van der Waals surface area contributed by atoms with Gasteiger partial charge in [0.05, 0.1) is 69.1 Å². The second kappa shape index (κ2) is 38.3. The van der Waals surface area contributed by atoms with E-state index >= 15 is 0 Å². The Balaban J connectivity index is 0.000000183. The molecular formula is C94H104Cl2N12O15S2. The number of piperazine rings is 2. The van der Waals surface area contributed by atoms with Crippen LogP contribution in [0.15, 0.2) is 191 Å².